The van der Waals surface area contributed by atoms with Crippen molar-refractivity contribution < 1.29 is 9.18 Å². The number of nitrogens with one attached hydrogen (secondary N) is 2. The Morgan fingerprint density at radius 3 is 2.80 bits per heavy atom. The third-order valence-electron chi connectivity index (χ3n) is 2.65. The van der Waals surface area contributed by atoms with Crippen LogP contribution in [0.25, 0.3) is 0 Å². The van der Waals surface area contributed by atoms with E-state index < -0.39 is 5.82 Å². The summed E-state index contributed by atoms with van der Waals surface area (Å²) in [4.78, 5) is 11.5. The van der Waals surface area contributed by atoms with Gasteiger partial charge in [-0.15, -0.1) is 0 Å². The molecule has 108 valence electrons. The molecule has 0 aromatic heterocycles. The highest BCUT2D eigenvalue weighted by Crippen LogP contribution is 2.08. The molecule has 1 rings (SSSR count). The molecule has 0 fully saturated rings. The van der Waals surface area contributed by atoms with Crippen molar-refractivity contribution in [1.29, 1.82) is 5.26 Å². The van der Waals surface area contributed by atoms with E-state index in [-0.39, 0.29) is 5.91 Å². The van der Waals surface area contributed by atoms with Crippen molar-refractivity contribution in [3.05, 3.63) is 35.1 Å². The molecule has 0 heterocycles. The summed E-state index contributed by atoms with van der Waals surface area (Å²) < 4.78 is 13.2. The molecule has 2 N–H and O–H groups in total. The standard InChI is InChI=1S/C15H20FN3O/c1-11(2)9-19-15(20)3-4-18-10-13-5-12(8-17)6-14(16)7-13/h5-7,11,18H,3-4,9-10H2,1-2H3,(H,19,20). The summed E-state index contributed by atoms with van der Waals surface area (Å²) >= 11 is 0. The van der Waals surface area contributed by atoms with Crippen molar-refractivity contribution in [2.24, 2.45) is 5.92 Å². The average Bonchev–Trinajstić information content (AvgIpc) is 2.40. The number of nitriles is 1. The molecule has 5 heteroatoms. The summed E-state index contributed by atoms with van der Waals surface area (Å²) in [6.07, 6.45) is 0.382. The molecule has 0 aliphatic rings. The SMILES string of the molecule is CC(C)CNC(=O)CCNCc1cc(F)cc(C#N)c1. The van der Waals surface area contributed by atoms with E-state index in [9.17, 15) is 9.18 Å². The monoisotopic (exact) mass is 277 g/mol. The van der Waals surface area contributed by atoms with Gasteiger partial charge >= 0.3 is 0 Å². The van der Waals surface area contributed by atoms with E-state index >= 15 is 0 Å². The Hall–Kier alpha value is -1.93. The van der Waals surface area contributed by atoms with Crippen LogP contribution in [0.15, 0.2) is 18.2 Å². The van der Waals surface area contributed by atoms with E-state index in [0.717, 1.165) is 0 Å². The summed E-state index contributed by atoms with van der Waals surface area (Å²) in [6.45, 7) is 5.70. The largest absolute Gasteiger partial charge is 0.356 e. The maximum Gasteiger partial charge on any atom is 0.221 e. The minimum absolute atomic E-state index is 0.00292. The molecule has 20 heavy (non-hydrogen) atoms. The second kappa shape index (κ2) is 8.28. The van der Waals surface area contributed by atoms with E-state index in [1.165, 1.54) is 12.1 Å². The zero-order valence-electron chi connectivity index (χ0n) is 11.9. The topological polar surface area (TPSA) is 64.9 Å². The van der Waals surface area contributed by atoms with Crippen molar-refractivity contribution >= 4 is 5.91 Å². The normalized spacial score (nSPS) is 10.3. The molecular weight excluding hydrogens is 257 g/mol. The number of carbonyl (C=O) groups is 1. The molecule has 0 bridgehead atoms. The lowest BCUT2D eigenvalue weighted by atomic mass is 10.1. The number of carbonyl (C=O) groups excluding carboxylic acids is 1. The summed E-state index contributed by atoms with van der Waals surface area (Å²) in [7, 11) is 0. The van der Waals surface area contributed by atoms with Crippen molar-refractivity contribution in [2.45, 2.75) is 26.8 Å². The lowest BCUT2D eigenvalue weighted by Crippen LogP contribution is -2.30. The minimum atomic E-state index is -0.421. The summed E-state index contributed by atoms with van der Waals surface area (Å²) in [6, 6.07) is 6.12. The van der Waals surface area contributed by atoms with Crippen LogP contribution in [-0.2, 0) is 11.3 Å². The van der Waals surface area contributed by atoms with Gasteiger partial charge in [-0.05, 0) is 29.7 Å². The number of halogens is 1. The third kappa shape index (κ3) is 6.30. The Bertz CT molecular complexity index is 494. The Labute approximate surface area is 119 Å². The maximum absolute atomic E-state index is 13.2. The smallest absolute Gasteiger partial charge is 0.221 e. The van der Waals surface area contributed by atoms with Gasteiger partial charge in [0.2, 0.25) is 5.91 Å². The highest BCUT2D eigenvalue weighted by atomic mass is 19.1. The van der Waals surface area contributed by atoms with Gasteiger partial charge in [0.15, 0.2) is 0 Å². The third-order valence-corrected chi connectivity index (χ3v) is 2.65. The quantitative estimate of drug-likeness (QED) is 0.749. The van der Waals surface area contributed by atoms with Crippen LogP contribution in [0, 0.1) is 23.1 Å². The van der Waals surface area contributed by atoms with E-state index in [2.05, 4.69) is 10.6 Å². The van der Waals surface area contributed by atoms with Gasteiger partial charge in [0.05, 0.1) is 11.6 Å². The summed E-state index contributed by atoms with van der Waals surface area (Å²) in [5.41, 5.74) is 1.00. The van der Waals surface area contributed by atoms with Crippen molar-refractivity contribution in [3.8, 4) is 6.07 Å². The lowest BCUT2D eigenvalue weighted by molar-refractivity contribution is -0.121. The van der Waals surface area contributed by atoms with Gasteiger partial charge in [-0.1, -0.05) is 13.8 Å². The molecule has 0 radical (unpaired) electrons. The number of hydrogen-bond acceptors (Lipinski definition) is 3. The fraction of sp³-hybridized carbons (Fsp3) is 0.467. The fourth-order valence-electron chi connectivity index (χ4n) is 1.66. The van der Waals surface area contributed by atoms with Crippen molar-refractivity contribution in [3.63, 3.8) is 0 Å². The van der Waals surface area contributed by atoms with Crippen LogP contribution in [-0.4, -0.2) is 19.0 Å². The summed E-state index contributed by atoms with van der Waals surface area (Å²) in [5, 5.41) is 14.6. The Balaban J connectivity index is 2.29. The van der Waals surface area contributed by atoms with Gasteiger partial charge in [0, 0.05) is 26.1 Å². The van der Waals surface area contributed by atoms with E-state index in [1.54, 1.807) is 6.07 Å². The first-order chi connectivity index (χ1) is 9.51. The molecule has 0 atom stereocenters. The van der Waals surface area contributed by atoms with Crippen LogP contribution in [0.4, 0.5) is 4.39 Å². The zero-order chi connectivity index (χ0) is 15.0. The molecule has 0 spiro atoms. The number of hydrogen-bond donors (Lipinski definition) is 2. The molecule has 0 saturated heterocycles. The van der Waals surface area contributed by atoms with Crippen LogP contribution in [0.3, 0.4) is 0 Å². The molecule has 1 aromatic carbocycles. The molecule has 1 aromatic rings. The molecule has 4 nitrogen and oxygen atoms in total. The number of benzene rings is 1. The number of amides is 1. The zero-order valence-corrected chi connectivity index (χ0v) is 11.9. The molecule has 0 aliphatic carbocycles. The first-order valence-corrected chi connectivity index (χ1v) is 6.68. The van der Waals surface area contributed by atoms with E-state index in [0.29, 0.717) is 43.1 Å². The van der Waals surface area contributed by atoms with Gasteiger partial charge < -0.3 is 10.6 Å². The number of nitrogens with zero attached hydrogens (tertiary/aromatic N) is 1. The highest BCUT2D eigenvalue weighted by Gasteiger charge is 2.03. The average molecular weight is 277 g/mol. The van der Waals surface area contributed by atoms with Crippen molar-refractivity contribution in [1.82, 2.24) is 10.6 Å². The minimum Gasteiger partial charge on any atom is -0.356 e. The fourth-order valence-corrected chi connectivity index (χ4v) is 1.66. The second-order valence-electron chi connectivity index (χ2n) is 5.08. The lowest BCUT2D eigenvalue weighted by Gasteiger charge is -2.08. The van der Waals surface area contributed by atoms with Crippen LogP contribution in [0.2, 0.25) is 0 Å². The van der Waals surface area contributed by atoms with Gasteiger partial charge in [-0.2, -0.15) is 5.26 Å². The van der Waals surface area contributed by atoms with E-state index in [4.69, 9.17) is 5.26 Å². The van der Waals surface area contributed by atoms with E-state index in [1.807, 2.05) is 19.9 Å². The van der Waals surface area contributed by atoms with Crippen molar-refractivity contribution in [2.75, 3.05) is 13.1 Å². The molecule has 0 aliphatic heterocycles. The van der Waals surface area contributed by atoms with Crippen LogP contribution >= 0.6 is 0 Å². The van der Waals surface area contributed by atoms with Crippen LogP contribution < -0.4 is 10.6 Å². The highest BCUT2D eigenvalue weighted by molar-refractivity contribution is 5.76. The Morgan fingerprint density at radius 1 is 1.40 bits per heavy atom. The molecule has 1 amide bonds. The predicted octanol–water partition coefficient (Wildman–Crippen LogP) is 1.95. The molecular formula is C15H20FN3O. The second-order valence-corrected chi connectivity index (χ2v) is 5.08. The number of rotatable bonds is 7. The Morgan fingerprint density at radius 2 is 2.15 bits per heavy atom. The van der Waals surface area contributed by atoms with Gasteiger partial charge in [0.25, 0.3) is 0 Å². The first kappa shape index (κ1) is 16.1. The van der Waals surface area contributed by atoms with Gasteiger partial charge in [-0.3, -0.25) is 4.79 Å². The summed E-state index contributed by atoms with van der Waals surface area (Å²) in [5.74, 6) is 0.0160. The van der Waals surface area contributed by atoms with Gasteiger partial charge in [0.1, 0.15) is 5.82 Å². The molecule has 0 saturated carbocycles. The maximum atomic E-state index is 13.2. The first-order valence-electron chi connectivity index (χ1n) is 6.68. The van der Waals surface area contributed by atoms with Crippen LogP contribution in [0.5, 0.6) is 0 Å². The molecule has 0 unspecified atom stereocenters. The Kier molecular flexibility index (Phi) is 6.68. The van der Waals surface area contributed by atoms with Gasteiger partial charge in [-0.25, -0.2) is 4.39 Å². The predicted molar refractivity (Wildman–Crippen MR) is 75.3 cm³/mol. The van der Waals surface area contributed by atoms with Crippen LogP contribution in [0.1, 0.15) is 31.4 Å².